The van der Waals surface area contributed by atoms with Crippen LogP contribution in [-0.4, -0.2) is 26.4 Å². The molecule has 0 atom stereocenters. The molecule has 0 aliphatic heterocycles. The number of hydrogen-bond donors (Lipinski definition) is 0. The monoisotopic (exact) mass is 189 g/mol. The van der Waals surface area contributed by atoms with Gasteiger partial charge in [0.25, 0.3) is 0 Å². The molecule has 0 heterocycles. The van der Waals surface area contributed by atoms with Gasteiger partial charge in [0, 0.05) is 26.4 Å². The first-order chi connectivity index (χ1) is 4.15. The molecular weight excluding hydrogens is 168 g/mol. The van der Waals surface area contributed by atoms with Crippen molar-refractivity contribution in [3.8, 4) is 0 Å². The summed E-state index contributed by atoms with van der Waals surface area (Å²) in [4.78, 5) is 1.07. The van der Waals surface area contributed by atoms with Crippen LogP contribution in [0.1, 0.15) is 0 Å². The van der Waals surface area contributed by atoms with Gasteiger partial charge in [-0.2, -0.15) is 0 Å². The molecular formula is C7H21Si3. The Bertz CT molecular complexity index is 93.0. The third kappa shape index (κ3) is 3.16. The molecule has 0 N–H and O–H groups in total. The Morgan fingerprint density at radius 3 is 1.00 bits per heavy atom. The summed E-state index contributed by atoms with van der Waals surface area (Å²) in [7, 11) is 0.608. The largest absolute Gasteiger partial charge is 0.0698 e. The van der Waals surface area contributed by atoms with Gasteiger partial charge in [0.1, 0.15) is 0 Å². The molecule has 3 heteroatoms. The second-order valence-corrected chi connectivity index (χ2v) is 19.2. The summed E-state index contributed by atoms with van der Waals surface area (Å²) in [5.41, 5.74) is 0. The smallest absolute Gasteiger partial charge is 0.0413 e. The van der Waals surface area contributed by atoms with Crippen LogP contribution in [0.2, 0.25) is 44.1 Å². The average Bonchev–Trinajstić information content (AvgIpc) is 1.59. The maximum Gasteiger partial charge on any atom is 0.0413 e. The van der Waals surface area contributed by atoms with E-state index in [1.165, 1.54) is 0 Å². The highest BCUT2D eigenvalue weighted by Gasteiger charge is 2.33. The Kier molecular flexibility index (Phi) is 3.14. The molecule has 10 heavy (non-hydrogen) atoms. The second kappa shape index (κ2) is 2.95. The van der Waals surface area contributed by atoms with Crippen molar-refractivity contribution in [1.82, 2.24) is 0 Å². The molecule has 0 saturated heterocycles. The zero-order valence-electron chi connectivity index (χ0n) is 8.28. The predicted octanol–water partition coefficient (Wildman–Crippen LogP) is 2.16. The van der Waals surface area contributed by atoms with Crippen LogP contribution in [0.3, 0.4) is 0 Å². The highest BCUT2D eigenvalue weighted by molar-refractivity contribution is 7.02. The van der Waals surface area contributed by atoms with Crippen molar-refractivity contribution in [2.45, 2.75) is 44.1 Å². The first kappa shape index (κ1) is 10.7. The van der Waals surface area contributed by atoms with E-state index in [1.54, 1.807) is 0 Å². The zero-order valence-corrected chi connectivity index (χ0v) is 11.7. The average molecular weight is 190 g/mol. The standard InChI is InChI=1S/C7H21Si3/c1-9(2,3)7(8)10(4,5)6/h7H,8H2,1-6H3. The Morgan fingerprint density at radius 2 is 1.00 bits per heavy atom. The van der Waals surface area contributed by atoms with Crippen molar-refractivity contribution >= 4 is 26.4 Å². The SMILES string of the molecule is C[Si](C)(C)C([SiH2])[Si](C)(C)C. The Balaban J connectivity index is 4.23. The van der Waals surface area contributed by atoms with Crippen LogP contribution in [0.25, 0.3) is 0 Å². The molecule has 1 radical (unpaired) electrons. The zero-order chi connectivity index (χ0) is 8.58. The lowest BCUT2D eigenvalue weighted by atomic mass is 11.7. The fourth-order valence-electron chi connectivity index (χ4n) is 1.30. The second-order valence-electron chi connectivity index (χ2n) is 5.28. The van der Waals surface area contributed by atoms with Gasteiger partial charge in [-0.25, -0.2) is 0 Å². The quantitative estimate of drug-likeness (QED) is 0.584. The Labute approximate surface area is 70.9 Å². The molecule has 0 amide bonds. The third-order valence-electron chi connectivity index (χ3n) is 2.09. The topological polar surface area (TPSA) is 0 Å². The summed E-state index contributed by atoms with van der Waals surface area (Å²) in [5.74, 6) is 0. The summed E-state index contributed by atoms with van der Waals surface area (Å²) in [6, 6.07) is 0. The molecule has 0 aromatic heterocycles. The van der Waals surface area contributed by atoms with Crippen LogP contribution >= 0.6 is 0 Å². The van der Waals surface area contributed by atoms with Gasteiger partial charge in [0.15, 0.2) is 0 Å². The summed E-state index contributed by atoms with van der Waals surface area (Å²) >= 11 is 0. The lowest BCUT2D eigenvalue weighted by Crippen LogP contribution is -2.43. The van der Waals surface area contributed by atoms with Crippen molar-refractivity contribution in [1.29, 1.82) is 0 Å². The maximum atomic E-state index is 2.49. The highest BCUT2D eigenvalue weighted by Crippen LogP contribution is 2.28. The van der Waals surface area contributed by atoms with E-state index in [4.69, 9.17) is 0 Å². The summed E-state index contributed by atoms with van der Waals surface area (Å²) < 4.78 is 0. The Morgan fingerprint density at radius 1 is 0.800 bits per heavy atom. The molecule has 61 valence electrons. The normalized spacial score (nSPS) is 14.4. The predicted molar refractivity (Wildman–Crippen MR) is 59.0 cm³/mol. The van der Waals surface area contributed by atoms with Crippen LogP contribution in [0, 0.1) is 0 Å². The van der Waals surface area contributed by atoms with E-state index in [0.717, 1.165) is 4.79 Å². The number of hydrogen-bond acceptors (Lipinski definition) is 0. The van der Waals surface area contributed by atoms with E-state index < -0.39 is 16.1 Å². The molecule has 0 saturated carbocycles. The summed E-state index contributed by atoms with van der Waals surface area (Å²) in [6.07, 6.45) is 0. The minimum atomic E-state index is -0.822. The lowest BCUT2D eigenvalue weighted by Gasteiger charge is -2.35. The first-order valence-corrected chi connectivity index (χ1v) is 12.0. The van der Waals surface area contributed by atoms with Crippen molar-refractivity contribution in [2.24, 2.45) is 0 Å². The van der Waals surface area contributed by atoms with Crippen LogP contribution in [0.4, 0.5) is 0 Å². The van der Waals surface area contributed by atoms with Gasteiger partial charge in [-0.15, -0.1) is 0 Å². The number of rotatable bonds is 2. The van der Waals surface area contributed by atoms with Gasteiger partial charge in [-0.3, -0.25) is 0 Å². The summed E-state index contributed by atoms with van der Waals surface area (Å²) in [6.45, 7) is 14.9. The fourth-order valence-corrected chi connectivity index (χ4v) is 11.7. The van der Waals surface area contributed by atoms with Crippen LogP contribution in [0.15, 0.2) is 0 Å². The molecule has 0 aromatic carbocycles. The minimum Gasteiger partial charge on any atom is -0.0698 e. The lowest BCUT2D eigenvalue weighted by molar-refractivity contribution is 1.43. The van der Waals surface area contributed by atoms with E-state index in [1.807, 2.05) is 0 Å². The van der Waals surface area contributed by atoms with Gasteiger partial charge in [-0.05, 0) is 0 Å². The molecule has 0 rings (SSSR count). The molecule has 0 nitrogen and oxygen atoms in total. The molecule has 0 spiro atoms. The van der Waals surface area contributed by atoms with E-state index in [9.17, 15) is 0 Å². The minimum absolute atomic E-state index is 0.822. The van der Waals surface area contributed by atoms with Crippen LogP contribution in [0.5, 0.6) is 0 Å². The molecule has 0 bridgehead atoms. The fraction of sp³-hybridized carbons (Fsp3) is 1.00. The summed E-state index contributed by atoms with van der Waals surface area (Å²) in [5, 5.41) is 0. The van der Waals surface area contributed by atoms with Gasteiger partial charge in [0.05, 0.1) is 0 Å². The van der Waals surface area contributed by atoms with Crippen molar-refractivity contribution < 1.29 is 0 Å². The van der Waals surface area contributed by atoms with Gasteiger partial charge < -0.3 is 0 Å². The van der Waals surface area contributed by atoms with Gasteiger partial charge in [-0.1, -0.05) is 44.1 Å². The molecule has 0 aliphatic rings. The van der Waals surface area contributed by atoms with Crippen molar-refractivity contribution in [2.75, 3.05) is 0 Å². The molecule has 0 aliphatic carbocycles. The maximum absolute atomic E-state index is 2.49. The van der Waals surface area contributed by atoms with E-state index in [2.05, 4.69) is 49.5 Å². The Hall–Kier alpha value is 0.651. The van der Waals surface area contributed by atoms with Crippen LogP contribution < -0.4 is 0 Å². The van der Waals surface area contributed by atoms with Crippen LogP contribution in [-0.2, 0) is 0 Å². The van der Waals surface area contributed by atoms with Gasteiger partial charge in [0.2, 0.25) is 0 Å². The van der Waals surface area contributed by atoms with Gasteiger partial charge >= 0.3 is 0 Å². The van der Waals surface area contributed by atoms with E-state index >= 15 is 0 Å². The molecule has 0 fully saturated rings. The highest BCUT2D eigenvalue weighted by atomic mass is 28.4. The molecule has 0 aromatic rings. The first-order valence-electron chi connectivity index (χ1n) is 3.99. The van der Waals surface area contributed by atoms with Crippen molar-refractivity contribution in [3.63, 3.8) is 0 Å². The van der Waals surface area contributed by atoms with E-state index in [0.29, 0.717) is 0 Å². The van der Waals surface area contributed by atoms with E-state index in [-0.39, 0.29) is 0 Å². The third-order valence-corrected chi connectivity index (χ3v) is 18.8. The van der Waals surface area contributed by atoms with Crippen molar-refractivity contribution in [3.05, 3.63) is 0 Å². The molecule has 0 unspecified atom stereocenters.